The molecule has 0 saturated carbocycles. The fourth-order valence-electron chi connectivity index (χ4n) is 2.16. The first-order chi connectivity index (χ1) is 9.34. The lowest BCUT2D eigenvalue weighted by Gasteiger charge is -2.11. The Kier molecular flexibility index (Phi) is 5.67. The molecule has 0 atom stereocenters. The van der Waals surface area contributed by atoms with Gasteiger partial charge in [-0.05, 0) is 24.8 Å². The van der Waals surface area contributed by atoms with E-state index in [9.17, 15) is 20.1 Å². The van der Waals surface area contributed by atoms with E-state index >= 15 is 0 Å². The number of aromatic hydroxyl groups is 3. The summed E-state index contributed by atoms with van der Waals surface area (Å²) in [5.41, 5.74) is 0.0130. The van der Waals surface area contributed by atoms with Gasteiger partial charge < -0.3 is 20.4 Å². The highest BCUT2D eigenvalue weighted by Gasteiger charge is 2.20. The van der Waals surface area contributed by atoms with Crippen LogP contribution in [0.5, 0.6) is 17.2 Å². The highest BCUT2D eigenvalue weighted by Crippen LogP contribution is 2.40. The van der Waals surface area contributed by atoms with Gasteiger partial charge in [-0.3, -0.25) is 0 Å². The minimum atomic E-state index is -1.23. The first-order valence-corrected chi connectivity index (χ1v) is 6.84. The van der Waals surface area contributed by atoms with Crippen LogP contribution in [0.15, 0.2) is 6.07 Å². The molecule has 0 amide bonds. The molecule has 1 rings (SSSR count). The average Bonchev–Trinajstić information content (AvgIpc) is 2.37. The van der Waals surface area contributed by atoms with Crippen LogP contribution in [0.3, 0.4) is 0 Å². The largest absolute Gasteiger partial charge is 0.504 e. The Hall–Kier alpha value is -1.91. The Morgan fingerprint density at radius 2 is 1.75 bits per heavy atom. The molecule has 5 nitrogen and oxygen atoms in total. The molecule has 1 aromatic rings. The number of benzene rings is 1. The van der Waals surface area contributed by atoms with Crippen molar-refractivity contribution in [3.63, 3.8) is 0 Å². The predicted molar refractivity (Wildman–Crippen MR) is 75.4 cm³/mol. The molecule has 1 aromatic carbocycles. The summed E-state index contributed by atoms with van der Waals surface area (Å²) >= 11 is 0. The number of aromatic carboxylic acids is 1. The third-order valence-electron chi connectivity index (χ3n) is 3.30. The molecule has 0 radical (unpaired) electrons. The Morgan fingerprint density at radius 3 is 2.30 bits per heavy atom. The topological polar surface area (TPSA) is 98.0 Å². The summed E-state index contributed by atoms with van der Waals surface area (Å²) in [6.07, 6.45) is 4.17. The quantitative estimate of drug-likeness (QED) is 0.454. The predicted octanol–water partition coefficient (Wildman–Crippen LogP) is 3.26. The maximum absolute atomic E-state index is 11.1. The zero-order chi connectivity index (χ0) is 15.3. The van der Waals surface area contributed by atoms with Gasteiger partial charge >= 0.3 is 5.97 Å². The van der Waals surface area contributed by atoms with Crippen molar-refractivity contribution in [3.05, 3.63) is 17.2 Å². The highest BCUT2D eigenvalue weighted by atomic mass is 16.4. The molecular formula is C15H22O5. The van der Waals surface area contributed by atoms with Crippen LogP contribution in [0, 0.1) is 5.92 Å². The molecule has 0 aromatic heterocycles. The summed E-state index contributed by atoms with van der Waals surface area (Å²) in [5, 5.41) is 37.7. The summed E-state index contributed by atoms with van der Waals surface area (Å²) < 4.78 is 0. The van der Waals surface area contributed by atoms with Gasteiger partial charge in [0.25, 0.3) is 0 Å². The average molecular weight is 282 g/mol. The monoisotopic (exact) mass is 282 g/mol. The first-order valence-electron chi connectivity index (χ1n) is 6.84. The van der Waals surface area contributed by atoms with Crippen LogP contribution >= 0.6 is 0 Å². The van der Waals surface area contributed by atoms with Gasteiger partial charge in [0.2, 0.25) is 5.75 Å². The highest BCUT2D eigenvalue weighted by molar-refractivity contribution is 5.91. The summed E-state index contributed by atoms with van der Waals surface area (Å²) in [5.74, 6) is -2.41. The first kappa shape index (κ1) is 16.1. The molecule has 0 aliphatic heterocycles. The summed E-state index contributed by atoms with van der Waals surface area (Å²) in [4.78, 5) is 11.1. The smallest absolute Gasteiger partial charge is 0.336 e. The van der Waals surface area contributed by atoms with Crippen molar-refractivity contribution >= 4 is 5.97 Å². The molecule has 112 valence electrons. The molecule has 0 bridgehead atoms. The van der Waals surface area contributed by atoms with Crippen molar-refractivity contribution < 1.29 is 25.2 Å². The van der Waals surface area contributed by atoms with Crippen molar-refractivity contribution in [2.45, 2.75) is 46.0 Å². The lowest BCUT2D eigenvalue weighted by molar-refractivity contribution is 0.0694. The zero-order valence-electron chi connectivity index (χ0n) is 11.9. The molecule has 0 fully saturated rings. The van der Waals surface area contributed by atoms with Crippen molar-refractivity contribution in [2.24, 2.45) is 5.92 Å². The van der Waals surface area contributed by atoms with Crippen molar-refractivity contribution in [3.8, 4) is 17.2 Å². The number of hydrogen-bond donors (Lipinski definition) is 4. The second-order valence-corrected chi connectivity index (χ2v) is 5.42. The molecule has 0 aliphatic rings. The molecule has 0 spiro atoms. The number of phenolic OH excluding ortho intramolecular Hbond substituents is 3. The van der Waals surface area contributed by atoms with Crippen LogP contribution in [-0.4, -0.2) is 26.4 Å². The maximum atomic E-state index is 11.1. The Morgan fingerprint density at radius 1 is 1.10 bits per heavy atom. The van der Waals surface area contributed by atoms with Crippen molar-refractivity contribution in [1.29, 1.82) is 0 Å². The third-order valence-corrected chi connectivity index (χ3v) is 3.30. The molecule has 20 heavy (non-hydrogen) atoms. The number of rotatable bonds is 7. The number of carboxylic acids is 1. The normalized spacial score (nSPS) is 10.9. The summed E-state index contributed by atoms with van der Waals surface area (Å²) in [6, 6.07) is 0.973. The van der Waals surface area contributed by atoms with Gasteiger partial charge in [-0.1, -0.05) is 33.1 Å². The lowest BCUT2D eigenvalue weighted by Crippen LogP contribution is -2.03. The van der Waals surface area contributed by atoms with E-state index in [0.29, 0.717) is 12.3 Å². The Labute approximate surface area is 118 Å². The number of phenols is 3. The molecule has 0 aliphatic carbocycles. The third kappa shape index (κ3) is 4.05. The molecule has 0 unspecified atom stereocenters. The second kappa shape index (κ2) is 7.03. The van der Waals surface area contributed by atoms with Crippen molar-refractivity contribution in [2.75, 3.05) is 0 Å². The standard InChI is InChI=1S/C15H22O5/c1-9(2)6-4-3-5-7-10-11(15(19)20)8-12(16)14(18)13(10)17/h8-9,16-18H,3-7H2,1-2H3,(H,19,20). The van der Waals surface area contributed by atoms with Gasteiger partial charge in [0.1, 0.15) is 0 Å². The fraction of sp³-hybridized carbons (Fsp3) is 0.533. The van der Waals surface area contributed by atoms with E-state index in [0.717, 1.165) is 31.7 Å². The molecule has 0 saturated heterocycles. The van der Waals surface area contributed by atoms with E-state index in [4.69, 9.17) is 5.11 Å². The fourth-order valence-corrected chi connectivity index (χ4v) is 2.16. The second-order valence-electron chi connectivity index (χ2n) is 5.42. The number of unbranched alkanes of at least 4 members (excludes halogenated alkanes) is 2. The van der Waals surface area contributed by atoms with E-state index in [1.165, 1.54) is 0 Å². The van der Waals surface area contributed by atoms with Crippen LogP contribution in [0.4, 0.5) is 0 Å². The minimum absolute atomic E-state index is 0.165. The van der Waals surface area contributed by atoms with Gasteiger partial charge in [0.15, 0.2) is 11.5 Å². The minimum Gasteiger partial charge on any atom is -0.504 e. The van der Waals surface area contributed by atoms with Gasteiger partial charge in [0.05, 0.1) is 5.56 Å². The lowest BCUT2D eigenvalue weighted by atomic mass is 9.97. The summed E-state index contributed by atoms with van der Waals surface area (Å²) in [6.45, 7) is 4.29. The van der Waals surface area contributed by atoms with E-state index in [1.807, 2.05) is 0 Å². The number of carbonyl (C=O) groups is 1. The van der Waals surface area contributed by atoms with Crippen molar-refractivity contribution in [1.82, 2.24) is 0 Å². The Balaban J connectivity index is 2.78. The molecule has 0 heterocycles. The van der Waals surface area contributed by atoms with E-state index in [1.54, 1.807) is 0 Å². The van der Waals surface area contributed by atoms with Crippen LogP contribution in [0.1, 0.15) is 55.5 Å². The molecule has 5 heteroatoms. The molecule has 4 N–H and O–H groups in total. The van der Waals surface area contributed by atoms with Crippen LogP contribution in [0.2, 0.25) is 0 Å². The van der Waals surface area contributed by atoms with Gasteiger partial charge in [-0.25, -0.2) is 4.79 Å². The maximum Gasteiger partial charge on any atom is 0.336 e. The van der Waals surface area contributed by atoms with Gasteiger partial charge in [-0.2, -0.15) is 0 Å². The SMILES string of the molecule is CC(C)CCCCCc1c(C(=O)O)cc(O)c(O)c1O. The van der Waals surface area contributed by atoms with E-state index < -0.39 is 23.2 Å². The Bertz CT molecular complexity index is 480. The van der Waals surface area contributed by atoms with Gasteiger partial charge in [0, 0.05) is 5.56 Å². The van der Waals surface area contributed by atoms with Crippen LogP contribution in [-0.2, 0) is 6.42 Å². The van der Waals surface area contributed by atoms with Crippen LogP contribution < -0.4 is 0 Å². The molecular weight excluding hydrogens is 260 g/mol. The van der Waals surface area contributed by atoms with Gasteiger partial charge in [-0.15, -0.1) is 0 Å². The van der Waals surface area contributed by atoms with Crippen LogP contribution in [0.25, 0.3) is 0 Å². The number of carboxylic acid groups (broad SMARTS) is 1. The van der Waals surface area contributed by atoms with E-state index in [2.05, 4.69) is 13.8 Å². The van der Waals surface area contributed by atoms with E-state index in [-0.39, 0.29) is 11.1 Å². The number of hydrogen-bond acceptors (Lipinski definition) is 4. The zero-order valence-corrected chi connectivity index (χ0v) is 11.9. The summed E-state index contributed by atoms with van der Waals surface area (Å²) in [7, 11) is 0.